The van der Waals surface area contributed by atoms with Crippen LogP contribution in [0.3, 0.4) is 0 Å². The number of nitrogens with one attached hydrogen (secondary N) is 1. The minimum absolute atomic E-state index is 0.137. The van der Waals surface area contributed by atoms with Crippen LogP contribution in [0.15, 0.2) is 64.2 Å². The summed E-state index contributed by atoms with van der Waals surface area (Å²) in [6.07, 6.45) is -2.73. The highest BCUT2D eigenvalue weighted by molar-refractivity contribution is 7.94. The minimum atomic E-state index is -4.40. The third kappa shape index (κ3) is 10.2. The Morgan fingerprint density at radius 1 is 1.12 bits per heavy atom. The van der Waals surface area contributed by atoms with Crippen LogP contribution in [0, 0.1) is 5.92 Å². The van der Waals surface area contributed by atoms with Gasteiger partial charge in [0, 0.05) is 37.8 Å². The number of halogens is 3. The van der Waals surface area contributed by atoms with E-state index in [2.05, 4.69) is 4.72 Å². The van der Waals surface area contributed by atoms with Crippen LogP contribution in [0.4, 0.5) is 18.9 Å². The number of fused-ring (bicyclic) bond motifs is 1. The molecule has 0 fully saturated rings. The highest BCUT2D eigenvalue weighted by atomic mass is 32.2. The van der Waals surface area contributed by atoms with Gasteiger partial charge in [0.25, 0.3) is 15.9 Å². The molecule has 2 aromatic carbocycles. The molecule has 0 saturated carbocycles. The number of ether oxygens (including phenoxy) is 2. The molecule has 1 aromatic heterocycles. The first kappa shape index (κ1) is 37.6. The van der Waals surface area contributed by atoms with Gasteiger partial charge >= 0.3 is 6.18 Å². The quantitative estimate of drug-likeness (QED) is 0.261. The number of benzene rings is 2. The van der Waals surface area contributed by atoms with Crippen LogP contribution in [0.2, 0.25) is 0 Å². The summed E-state index contributed by atoms with van der Waals surface area (Å²) in [7, 11) is -2.01. The van der Waals surface area contributed by atoms with E-state index in [9.17, 15) is 31.5 Å². The number of likely N-dealkylation sites (N-methyl/N-ethyl adjacent to an activating group) is 1. The van der Waals surface area contributed by atoms with Gasteiger partial charge in [-0.3, -0.25) is 14.4 Å². The minimum Gasteiger partial charge on any atom is -0.490 e. The highest BCUT2D eigenvalue weighted by Crippen LogP contribution is 2.31. The number of carbonyl (C=O) groups excluding carboxylic acids is 1. The van der Waals surface area contributed by atoms with E-state index >= 15 is 0 Å². The number of carbonyl (C=O) groups is 1. The summed E-state index contributed by atoms with van der Waals surface area (Å²) in [6, 6.07) is 12.3. The summed E-state index contributed by atoms with van der Waals surface area (Å²) in [6.45, 7) is 6.81. The first-order valence-electron chi connectivity index (χ1n) is 15.9. The van der Waals surface area contributed by atoms with E-state index in [-0.39, 0.29) is 46.7 Å². The predicted molar refractivity (Wildman–Crippen MR) is 180 cm³/mol. The maximum absolute atomic E-state index is 14.3. The molecule has 2 heterocycles. The first-order valence-corrected chi connectivity index (χ1v) is 18.3. The van der Waals surface area contributed by atoms with Crippen molar-refractivity contribution in [1.82, 2.24) is 9.80 Å². The predicted octanol–water partition coefficient (Wildman–Crippen LogP) is 6.50. The van der Waals surface area contributed by atoms with Crippen molar-refractivity contribution in [1.29, 1.82) is 0 Å². The molecule has 0 aliphatic carbocycles. The zero-order valence-electron chi connectivity index (χ0n) is 27.6. The van der Waals surface area contributed by atoms with Crippen LogP contribution in [-0.4, -0.2) is 80.8 Å². The molecule has 0 radical (unpaired) electrons. The number of amides is 1. The average molecular weight is 712 g/mol. The van der Waals surface area contributed by atoms with Crippen LogP contribution in [-0.2, 0) is 27.5 Å². The Balaban J connectivity index is 1.60. The standard InChI is InChI=1S/C34H44F3N3O6S2/c1-23-19-40(24(2)22-41)33(42)29-18-28(38-48(43,44)32-9-7-17-47-32)14-15-30(29)46-25(3)8-5-6-16-45-31(23)21-39(4)20-26-10-12-27(13-11-26)34(35,36)37/h7,9-15,17-18,23-25,31,38,41H,5-6,8,16,19-22H2,1-4H3/t23-,24+,25+,31+/m0/s1. The summed E-state index contributed by atoms with van der Waals surface area (Å²) >= 11 is 1.08. The number of aliphatic hydroxyl groups is 1. The van der Waals surface area contributed by atoms with Gasteiger partial charge in [-0.15, -0.1) is 11.3 Å². The smallest absolute Gasteiger partial charge is 0.416 e. The van der Waals surface area contributed by atoms with Crippen LogP contribution in [0.1, 0.15) is 61.5 Å². The number of hydrogen-bond acceptors (Lipinski definition) is 8. The average Bonchev–Trinajstić information content (AvgIpc) is 3.59. The van der Waals surface area contributed by atoms with Gasteiger partial charge in [0.05, 0.1) is 36.0 Å². The van der Waals surface area contributed by atoms with E-state index in [4.69, 9.17) is 9.47 Å². The van der Waals surface area contributed by atoms with Crippen molar-refractivity contribution in [2.45, 2.75) is 75.2 Å². The molecule has 0 spiro atoms. The SMILES string of the molecule is C[C@@H]1CCCCO[C@H](CN(C)Cc2ccc(C(F)(F)F)cc2)[C@@H](C)CN([C@H](C)CO)C(=O)c2cc(NS(=O)(=O)c3cccs3)ccc2O1. The van der Waals surface area contributed by atoms with Crippen molar-refractivity contribution in [2.24, 2.45) is 5.92 Å². The lowest BCUT2D eigenvalue weighted by Gasteiger charge is -2.36. The summed E-state index contributed by atoms with van der Waals surface area (Å²) in [4.78, 5) is 17.8. The molecule has 2 N–H and O–H groups in total. The lowest BCUT2D eigenvalue weighted by molar-refractivity contribution is -0.137. The normalized spacial score (nSPS) is 20.9. The van der Waals surface area contributed by atoms with Crippen molar-refractivity contribution in [3.8, 4) is 5.75 Å². The zero-order valence-corrected chi connectivity index (χ0v) is 29.2. The molecular formula is C34H44F3N3O6S2. The second-order valence-corrected chi connectivity index (χ2v) is 15.3. The molecule has 1 amide bonds. The van der Waals surface area contributed by atoms with Crippen molar-refractivity contribution in [3.05, 3.63) is 76.7 Å². The Kier molecular flexibility index (Phi) is 12.9. The molecule has 264 valence electrons. The Hall–Kier alpha value is -3.17. The van der Waals surface area contributed by atoms with Crippen molar-refractivity contribution < 1.29 is 41.0 Å². The molecule has 1 aliphatic heterocycles. The number of hydrogen-bond donors (Lipinski definition) is 2. The number of sulfonamides is 1. The van der Waals surface area contributed by atoms with Crippen LogP contribution in [0.25, 0.3) is 0 Å². The number of nitrogens with zero attached hydrogens (tertiary/aromatic N) is 2. The Morgan fingerprint density at radius 3 is 2.50 bits per heavy atom. The maximum atomic E-state index is 14.3. The molecule has 1 aliphatic rings. The van der Waals surface area contributed by atoms with Crippen LogP contribution >= 0.6 is 11.3 Å². The van der Waals surface area contributed by atoms with Crippen LogP contribution < -0.4 is 9.46 Å². The molecule has 0 bridgehead atoms. The molecule has 9 nitrogen and oxygen atoms in total. The summed E-state index contributed by atoms with van der Waals surface area (Å²) in [5.74, 6) is -0.336. The fraction of sp³-hybridized carbons (Fsp3) is 0.500. The number of rotatable bonds is 9. The van der Waals surface area contributed by atoms with Gasteiger partial charge in [-0.2, -0.15) is 13.2 Å². The second-order valence-electron chi connectivity index (χ2n) is 12.4. The fourth-order valence-electron chi connectivity index (χ4n) is 5.55. The topological polar surface area (TPSA) is 108 Å². The molecular weight excluding hydrogens is 668 g/mol. The van der Waals surface area contributed by atoms with Crippen molar-refractivity contribution in [3.63, 3.8) is 0 Å². The lowest BCUT2D eigenvalue weighted by Crippen LogP contribution is -2.47. The van der Waals surface area contributed by atoms with E-state index in [1.54, 1.807) is 35.4 Å². The Bertz CT molecular complexity index is 1590. The van der Waals surface area contributed by atoms with Gasteiger partial charge in [0.15, 0.2) is 0 Å². The van der Waals surface area contributed by atoms with Gasteiger partial charge in [-0.05, 0) is 87.5 Å². The van der Waals surface area contributed by atoms with Crippen molar-refractivity contribution >= 4 is 33.0 Å². The summed E-state index contributed by atoms with van der Waals surface area (Å²) < 4.78 is 80.4. The lowest BCUT2D eigenvalue weighted by atomic mass is 10.0. The Labute approximate surface area is 284 Å². The third-order valence-electron chi connectivity index (χ3n) is 8.29. The molecule has 0 saturated heterocycles. The highest BCUT2D eigenvalue weighted by Gasteiger charge is 2.32. The van der Waals surface area contributed by atoms with E-state index in [0.29, 0.717) is 31.9 Å². The first-order chi connectivity index (χ1) is 22.7. The van der Waals surface area contributed by atoms with Gasteiger partial charge in [-0.25, -0.2) is 8.42 Å². The second kappa shape index (κ2) is 16.5. The molecule has 4 rings (SSSR count). The summed E-state index contributed by atoms with van der Waals surface area (Å²) in [5, 5.41) is 11.8. The van der Waals surface area contributed by atoms with Crippen molar-refractivity contribution in [2.75, 3.05) is 38.1 Å². The summed E-state index contributed by atoms with van der Waals surface area (Å²) in [5.41, 5.74) is 0.382. The van der Waals surface area contributed by atoms with Gasteiger partial charge in [-0.1, -0.05) is 25.1 Å². The van der Waals surface area contributed by atoms with E-state index < -0.39 is 33.7 Å². The Morgan fingerprint density at radius 2 is 1.85 bits per heavy atom. The molecule has 14 heteroatoms. The zero-order chi connectivity index (χ0) is 35.1. The van der Waals surface area contributed by atoms with Gasteiger partial charge in [0.2, 0.25) is 0 Å². The maximum Gasteiger partial charge on any atom is 0.416 e. The number of anilines is 1. The van der Waals surface area contributed by atoms with Crippen LogP contribution in [0.5, 0.6) is 5.75 Å². The van der Waals surface area contributed by atoms with E-state index in [1.807, 2.05) is 25.8 Å². The van der Waals surface area contributed by atoms with E-state index in [0.717, 1.165) is 41.9 Å². The molecule has 0 unspecified atom stereocenters. The number of aliphatic hydroxyl groups excluding tert-OH is 1. The monoisotopic (exact) mass is 711 g/mol. The molecule has 4 atom stereocenters. The third-order valence-corrected chi connectivity index (χ3v) is 11.1. The largest absolute Gasteiger partial charge is 0.490 e. The van der Waals surface area contributed by atoms with Gasteiger partial charge < -0.3 is 19.5 Å². The molecule has 48 heavy (non-hydrogen) atoms. The fourth-order valence-corrected chi connectivity index (χ4v) is 7.60. The number of thiophene rings is 1. The molecule has 3 aromatic rings. The van der Waals surface area contributed by atoms with Gasteiger partial charge in [0.1, 0.15) is 9.96 Å². The number of alkyl halides is 3. The van der Waals surface area contributed by atoms with E-state index in [1.165, 1.54) is 24.3 Å².